The van der Waals surface area contributed by atoms with Crippen molar-refractivity contribution in [2.45, 2.75) is 27.2 Å². The highest BCUT2D eigenvalue weighted by atomic mass is 16.1. The van der Waals surface area contributed by atoms with Crippen molar-refractivity contribution in [3.05, 3.63) is 23.3 Å². The number of allylic oxidation sites excluding steroid dienone is 4. The van der Waals surface area contributed by atoms with Gasteiger partial charge in [0.15, 0.2) is 0 Å². The predicted molar refractivity (Wildman–Crippen MR) is 46.3 cm³/mol. The van der Waals surface area contributed by atoms with E-state index in [0.717, 1.165) is 18.3 Å². The van der Waals surface area contributed by atoms with E-state index in [4.69, 9.17) is 0 Å². The van der Waals surface area contributed by atoms with E-state index in [1.54, 1.807) is 0 Å². The molecule has 0 amide bonds. The fraction of sp³-hybridized carbons (Fsp3) is 0.500. The predicted octanol–water partition coefficient (Wildman–Crippen LogP) is 2.49. The van der Waals surface area contributed by atoms with Gasteiger partial charge in [-0.3, -0.25) is 4.79 Å². The van der Waals surface area contributed by atoms with Crippen LogP contribution >= 0.6 is 0 Å². The number of hydrogen-bond donors (Lipinski definition) is 0. The van der Waals surface area contributed by atoms with Crippen LogP contribution in [0, 0.1) is 5.41 Å². The van der Waals surface area contributed by atoms with Crippen LogP contribution in [0.15, 0.2) is 23.3 Å². The molecule has 1 aliphatic carbocycles. The largest absolute Gasteiger partial charge is 0.298 e. The van der Waals surface area contributed by atoms with Crippen LogP contribution in [0.4, 0.5) is 0 Å². The topological polar surface area (TPSA) is 17.1 Å². The van der Waals surface area contributed by atoms with Crippen molar-refractivity contribution >= 4 is 6.29 Å². The molecule has 0 N–H and O–H groups in total. The number of hydrogen-bond acceptors (Lipinski definition) is 1. The average Bonchev–Trinajstić information content (AvgIpc) is 1.86. The molecule has 0 fully saturated rings. The minimum Gasteiger partial charge on any atom is -0.298 e. The van der Waals surface area contributed by atoms with E-state index in [0.29, 0.717) is 0 Å². The molecule has 0 heterocycles. The average molecular weight is 150 g/mol. The third kappa shape index (κ3) is 1.42. The maximum absolute atomic E-state index is 10.7. The van der Waals surface area contributed by atoms with Gasteiger partial charge in [-0.1, -0.05) is 31.6 Å². The van der Waals surface area contributed by atoms with Crippen LogP contribution in [0.5, 0.6) is 0 Å². The van der Waals surface area contributed by atoms with Crippen LogP contribution in [-0.2, 0) is 4.79 Å². The molecule has 0 saturated carbocycles. The Balaban J connectivity index is 3.07. The second kappa shape index (κ2) is 2.65. The second-order valence-electron chi connectivity index (χ2n) is 3.64. The van der Waals surface area contributed by atoms with Crippen LogP contribution in [0.3, 0.4) is 0 Å². The Labute approximate surface area is 67.8 Å². The maximum atomic E-state index is 10.7. The molecule has 0 saturated heterocycles. The minimum absolute atomic E-state index is 0.0515. The van der Waals surface area contributed by atoms with Crippen molar-refractivity contribution in [1.82, 2.24) is 0 Å². The zero-order valence-electron chi connectivity index (χ0n) is 7.35. The Bertz CT molecular complexity index is 231. The third-order valence-electron chi connectivity index (χ3n) is 2.23. The molecule has 0 unspecified atom stereocenters. The van der Waals surface area contributed by atoms with Crippen LogP contribution in [0.25, 0.3) is 0 Å². The summed E-state index contributed by atoms with van der Waals surface area (Å²) in [5.41, 5.74) is 2.09. The lowest BCUT2D eigenvalue weighted by atomic mass is 9.78. The maximum Gasteiger partial charge on any atom is 0.146 e. The molecule has 1 heteroatoms. The fourth-order valence-corrected chi connectivity index (χ4v) is 1.53. The molecule has 0 aromatic heterocycles. The quantitative estimate of drug-likeness (QED) is 0.414. The Morgan fingerprint density at radius 1 is 1.55 bits per heavy atom. The summed E-state index contributed by atoms with van der Waals surface area (Å²) >= 11 is 0. The summed E-state index contributed by atoms with van der Waals surface area (Å²) in [5.74, 6) is 0. The molecule has 1 aliphatic rings. The standard InChI is InChI=1S/C10H14O/c1-8-5-4-6-10(2,3)9(8)7-11/h4,6-7H,5H2,1-3H3. The Morgan fingerprint density at radius 3 is 2.55 bits per heavy atom. The van der Waals surface area contributed by atoms with E-state index < -0.39 is 0 Å². The van der Waals surface area contributed by atoms with Crippen LogP contribution < -0.4 is 0 Å². The van der Waals surface area contributed by atoms with Crippen molar-refractivity contribution < 1.29 is 4.79 Å². The summed E-state index contributed by atoms with van der Waals surface area (Å²) < 4.78 is 0. The minimum atomic E-state index is -0.0515. The van der Waals surface area contributed by atoms with E-state index in [2.05, 4.69) is 26.0 Å². The molecule has 0 spiro atoms. The summed E-state index contributed by atoms with van der Waals surface area (Å²) in [6.07, 6.45) is 6.14. The first-order valence-corrected chi connectivity index (χ1v) is 3.91. The van der Waals surface area contributed by atoms with E-state index >= 15 is 0 Å². The zero-order chi connectivity index (χ0) is 8.48. The molecule has 0 radical (unpaired) electrons. The Kier molecular flexibility index (Phi) is 1.99. The summed E-state index contributed by atoms with van der Waals surface area (Å²) in [5, 5.41) is 0. The molecule has 60 valence electrons. The number of carbonyl (C=O) groups excluding carboxylic acids is 1. The summed E-state index contributed by atoms with van der Waals surface area (Å²) in [6.45, 7) is 6.15. The van der Waals surface area contributed by atoms with Gasteiger partial charge in [-0.15, -0.1) is 0 Å². The monoisotopic (exact) mass is 150 g/mol. The van der Waals surface area contributed by atoms with Gasteiger partial charge < -0.3 is 0 Å². The van der Waals surface area contributed by atoms with Crippen LogP contribution in [-0.4, -0.2) is 6.29 Å². The number of rotatable bonds is 1. The molecule has 1 nitrogen and oxygen atoms in total. The molecular formula is C10H14O. The molecule has 0 bridgehead atoms. The van der Waals surface area contributed by atoms with Crippen LogP contribution in [0.2, 0.25) is 0 Å². The van der Waals surface area contributed by atoms with Crippen molar-refractivity contribution in [3.63, 3.8) is 0 Å². The van der Waals surface area contributed by atoms with Gasteiger partial charge in [0.25, 0.3) is 0 Å². The van der Waals surface area contributed by atoms with Crippen molar-refractivity contribution in [2.75, 3.05) is 0 Å². The number of carbonyl (C=O) groups is 1. The van der Waals surface area contributed by atoms with Gasteiger partial charge in [-0.25, -0.2) is 0 Å². The first kappa shape index (κ1) is 8.25. The third-order valence-corrected chi connectivity index (χ3v) is 2.23. The zero-order valence-corrected chi connectivity index (χ0v) is 7.35. The van der Waals surface area contributed by atoms with Gasteiger partial charge in [-0.2, -0.15) is 0 Å². The van der Waals surface area contributed by atoms with Gasteiger partial charge in [0.05, 0.1) is 0 Å². The first-order chi connectivity index (χ1) is 5.08. The van der Waals surface area contributed by atoms with E-state index in [1.807, 2.05) is 6.92 Å². The molecule has 0 atom stereocenters. The lowest BCUT2D eigenvalue weighted by Gasteiger charge is -2.26. The molecule has 0 aromatic carbocycles. The fourth-order valence-electron chi connectivity index (χ4n) is 1.53. The summed E-state index contributed by atoms with van der Waals surface area (Å²) in [4.78, 5) is 10.7. The molecule has 1 rings (SSSR count). The van der Waals surface area contributed by atoms with Gasteiger partial charge in [0.2, 0.25) is 0 Å². The lowest BCUT2D eigenvalue weighted by molar-refractivity contribution is -0.105. The summed E-state index contributed by atoms with van der Waals surface area (Å²) in [7, 11) is 0. The Hall–Kier alpha value is -0.850. The smallest absolute Gasteiger partial charge is 0.146 e. The van der Waals surface area contributed by atoms with E-state index in [-0.39, 0.29) is 5.41 Å². The first-order valence-electron chi connectivity index (χ1n) is 3.91. The highest BCUT2D eigenvalue weighted by molar-refractivity contribution is 5.78. The highest BCUT2D eigenvalue weighted by Crippen LogP contribution is 2.33. The number of aldehydes is 1. The van der Waals surface area contributed by atoms with Crippen molar-refractivity contribution in [1.29, 1.82) is 0 Å². The van der Waals surface area contributed by atoms with Crippen molar-refractivity contribution in [2.24, 2.45) is 5.41 Å². The lowest BCUT2D eigenvalue weighted by Crippen LogP contribution is -2.16. The normalized spacial score (nSPS) is 22.1. The van der Waals surface area contributed by atoms with Gasteiger partial charge in [0, 0.05) is 11.0 Å². The summed E-state index contributed by atoms with van der Waals surface area (Å²) in [6, 6.07) is 0. The van der Waals surface area contributed by atoms with Gasteiger partial charge in [-0.05, 0) is 13.3 Å². The van der Waals surface area contributed by atoms with E-state index in [1.165, 1.54) is 5.57 Å². The molecule has 11 heavy (non-hydrogen) atoms. The molecule has 0 aliphatic heterocycles. The second-order valence-corrected chi connectivity index (χ2v) is 3.64. The SMILES string of the molecule is CC1=C(C=O)C(C)(C)C=CC1. The van der Waals surface area contributed by atoms with Crippen molar-refractivity contribution in [3.8, 4) is 0 Å². The Morgan fingerprint density at radius 2 is 2.18 bits per heavy atom. The molecule has 0 aromatic rings. The van der Waals surface area contributed by atoms with Gasteiger partial charge in [0.1, 0.15) is 6.29 Å². The van der Waals surface area contributed by atoms with Gasteiger partial charge >= 0.3 is 0 Å². The highest BCUT2D eigenvalue weighted by Gasteiger charge is 2.23. The van der Waals surface area contributed by atoms with E-state index in [9.17, 15) is 4.79 Å². The molecular weight excluding hydrogens is 136 g/mol. The van der Waals surface area contributed by atoms with Crippen LogP contribution in [0.1, 0.15) is 27.2 Å².